The zero-order chi connectivity index (χ0) is 23.4. The first kappa shape index (κ1) is 22.4. The summed E-state index contributed by atoms with van der Waals surface area (Å²) in [5.74, 6) is 0. The molecular weight excluding hydrogens is 416 g/mol. The number of hydrogen-bond donors (Lipinski definition) is 3. The number of rotatable bonds is 7. The van der Waals surface area contributed by atoms with Crippen molar-refractivity contribution in [2.45, 2.75) is 57.3 Å². The molecule has 5 rings (SSSR count). The summed E-state index contributed by atoms with van der Waals surface area (Å²) in [7, 11) is 0. The molecule has 2 heterocycles. The highest BCUT2D eigenvalue weighted by Crippen LogP contribution is 2.58. The number of fused-ring (bicyclic) bond motifs is 2. The molecule has 2 aromatic rings. The van der Waals surface area contributed by atoms with Gasteiger partial charge in [-0.1, -0.05) is 39.5 Å². The molecule has 33 heavy (non-hydrogen) atoms. The Morgan fingerprint density at radius 1 is 1.18 bits per heavy atom. The van der Waals surface area contributed by atoms with Crippen molar-refractivity contribution in [2.75, 3.05) is 25.3 Å². The number of anilines is 1. The van der Waals surface area contributed by atoms with Crippen LogP contribution in [-0.2, 0) is 14.9 Å². The number of allylic oxidation sites excluding steroid dienone is 2. The maximum Gasteiger partial charge on any atom is 0.148 e. The summed E-state index contributed by atoms with van der Waals surface area (Å²) in [6.07, 6.45) is 8.61. The first-order valence-corrected chi connectivity index (χ1v) is 11.7. The van der Waals surface area contributed by atoms with Crippen molar-refractivity contribution in [1.29, 1.82) is 0 Å². The second-order valence-corrected chi connectivity index (χ2v) is 10.5. The van der Waals surface area contributed by atoms with Crippen LogP contribution in [0.3, 0.4) is 0 Å². The smallest absolute Gasteiger partial charge is 0.148 e. The molecule has 1 saturated carbocycles. The minimum Gasteiger partial charge on any atom is -0.394 e. The second kappa shape index (κ2) is 8.13. The predicted octanol–water partition coefficient (Wildman–Crippen LogP) is 4.41. The third kappa shape index (κ3) is 3.85. The number of aliphatic hydroxyl groups excluding tert-OH is 2. The summed E-state index contributed by atoms with van der Waals surface area (Å²) in [6.45, 7) is 11.0. The Labute approximate surface area is 195 Å². The van der Waals surface area contributed by atoms with Crippen LogP contribution in [0.15, 0.2) is 60.3 Å². The molecule has 2 atom stereocenters. The van der Waals surface area contributed by atoms with Gasteiger partial charge < -0.3 is 29.6 Å². The Balaban J connectivity index is 1.43. The summed E-state index contributed by atoms with van der Waals surface area (Å²) in [4.78, 5) is 0. The van der Waals surface area contributed by atoms with Crippen molar-refractivity contribution in [3.05, 3.63) is 66.0 Å². The molecule has 0 amide bonds. The van der Waals surface area contributed by atoms with E-state index in [0.29, 0.717) is 6.79 Å². The molecule has 6 heteroatoms. The molecule has 3 N–H and O–H groups in total. The first-order valence-electron chi connectivity index (χ1n) is 11.7. The molecule has 176 valence electrons. The zero-order valence-electron chi connectivity index (χ0n) is 19.7. The fraction of sp³-hybridized carbons (Fsp3) is 0.481. The van der Waals surface area contributed by atoms with Crippen molar-refractivity contribution in [1.82, 2.24) is 4.57 Å². The normalized spacial score (nSPS) is 23.6. The minimum atomic E-state index is -0.365. The Morgan fingerprint density at radius 2 is 1.91 bits per heavy atom. The molecule has 0 bridgehead atoms. The quantitative estimate of drug-likeness (QED) is 0.583. The summed E-state index contributed by atoms with van der Waals surface area (Å²) >= 11 is 0. The number of nitrogens with zero attached hydrogens (tertiary/aromatic N) is 1. The lowest BCUT2D eigenvalue weighted by Crippen LogP contribution is -2.25. The number of benzene rings is 1. The van der Waals surface area contributed by atoms with Gasteiger partial charge in [0.2, 0.25) is 0 Å². The SMILES string of the molecule is C=C(Nc1ccc2c(c1)cc(C(C)(C)C)n2C(CO)CO)C1(C2=CC3OCOC3C=C2)CC1. The summed E-state index contributed by atoms with van der Waals surface area (Å²) in [5, 5.41) is 24.4. The Hall–Kier alpha value is -2.38. The Morgan fingerprint density at radius 3 is 2.58 bits per heavy atom. The van der Waals surface area contributed by atoms with Gasteiger partial charge in [0, 0.05) is 38.8 Å². The Bertz CT molecular complexity index is 1130. The summed E-state index contributed by atoms with van der Waals surface area (Å²) in [5.41, 5.74) is 5.14. The lowest BCUT2D eigenvalue weighted by molar-refractivity contribution is 0.0503. The van der Waals surface area contributed by atoms with Crippen LogP contribution in [0.25, 0.3) is 10.9 Å². The van der Waals surface area contributed by atoms with Crippen LogP contribution in [0.5, 0.6) is 0 Å². The highest BCUT2D eigenvalue weighted by molar-refractivity contribution is 5.86. The van der Waals surface area contributed by atoms with E-state index in [2.05, 4.69) is 73.7 Å². The van der Waals surface area contributed by atoms with Gasteiger partial charge in [0.15, 0.2) is 0 Å². The molecule has 3 aliphatic rings. The monoisotopic (exact) mass is 450 g/mol. The molecule has 2 aliphatic carbocycles. The van der Waals surface area contributed by atoms with Gasteiger partial charge in [0.05, 0.1) is 19.3 Å². The maximum atomic E-state index is 9.87. The minimum absolute atomic E-state index is 0.00629. The molecule has 0 spiro atoms. The largest absolute Gasteiger partial charge is 0.394 e. The second-order valence-electron chi connectivity index (χ2n) is 10.5. The fourth-order valence-corrected chi connectivity index (χ4v) is 5.13. The van der Waals surface area contributed by atoms with E-state index in [9.17, 15) is 10.2 Å². The van der Waals surface area contributed by atoms with Crippen LogP contribution < -0.4 is 5.32 Å². The molecule has 1 aromatic carbocycles. The molecule has 0 radical (unpaired) electrons. The van der Waals surface area contributed by atoms with E-state index in [1.54, 1.807) is 0 Å². The number of aromatic nitrogens is 1. The summed E-state index contributed by atoms with van der Waals surface area (Å²) in [6, 6.07) is 8.04. The molecule has 1 aromatic heterocycles. The first-order chi connectivity index (χ1) is 15.8. The highest BCUT2D eigenvalue weighted by atomic mass is 16.7. The molecule has 2 fully saturated rings. The van der Waals surface area contributed by atoms with E-state index in [1.165, 1.54) is 5.57 Å². The van der Waals surface area contributed by atoms with Gasteiger partial charge in [0.1, 0.15) is 19.0 Å². The van der Waals surface area contributed by atoms with Gasteiger partial charge >= 0.3 is 0 Å². The number of hydrogen-bond acceptors (Lipinski definition) is 5. The highest BCUT2D eigenvalue weighted by Gasteiger charge is 2.49. The van der Waals surface area contributed by atoms with Crippen molar-refractivity contribution in [3.8, 4) is 0 Å². The van der Waals surface area contributed by atoms with Gasteiger partial charge in [-0.15, -0.1) is 0 Å². The molecule has 6 nitrogen and oxygen atoms in total. The molecule has 1 saturated heterocycles. The average molecular weight is 451 g/mol. The topological polar surface area (TPSA) is 75.9 Å². The van der Waals surface area contributed by atoms with E-state index >= 15 is 0 Å². The van der Waals surface area contributed by atoms with Gasteiger partial charge in [-0.2, -0.15) is 0 Å². The number of ether oxygens (including phenoxy) is 2. The van der Waals surface area contributed by atoms with Crippen LogP contribution in [0.1, 0.15) is 45.3 Å². The third-order valence-corrected chi connectivity index (χ3v) is 7.22. The van der Waals surface area contributed by atoms with E-state index in [0.717, 1.165) is 40.8 Å². The standard InChI is InChI=1S/C27H34N2O4/c1-17(27(9-10-27)19-5-8-23-24(13-19)33-16-32-23)28-20-6-7-22-18(11-20)12-25(26(2,3)4)29(22)21(14-30)15-31/h5-8,11-13,21,23-24,28,30-31H,1,9-10,14-16H2,2-4H3. The van der Waals surface area contributed by atoms with Gasteiger partial charge in [-0.3, -0.25) is 0 Å². The van der Waals surface area contributed by atoms with Gasteiger partial charge in [-0.05, 0) is 48.8 Å². The van der Waals surface area contributed by atoms with Crippen molar-refractivity contribution >= 4 is 16.6 Å². The molecular formula is C27H34N2O4. The molecule has 1 aliphatic heterocycles. The predicted molar refractivity (Wildman–Crippen MR) is 130 cm³/mol. The van der Waals surface area contributed by atoms with E-state index < -0.39 is 0 Å². The van der Waals surface area contributed by atoms with Crippen LogP contribution in [-0.4, -0.2) is 47.0 Å². The lowest BCUT2D eigenvalue weighted by atomic mass is 9.87. The van der Waals surface area contributed by atoms with E-state index in [1.807, 2.05) is 6.07 Å². The van der Waals surface area contributed by atoms with Crippen molar-refractivity contribution < 1.29 is 19.7 Å². The van der Waals surface area contributed by atoms with Crippen LogP contribution in [0, 0.1) is 5.41 Å². The van der Waals surface area contributed by atoms with Gasteiger partial charge in [-0.25, -0.2) is 0 Å². The van der Waals surface area contributed by atoms with Crippen LogP contribution in [0.4, 0.5) is 5.69 Å². The van der Waals surface area contributed by atoms with E-state index in [4.69, 9.17) is 9.47 Å². The molecule has 2 unspecified atom stereocenters. The number of aliphatic hydroxyl groups is 2. The zero-order valence-corrected chi connectivity index (χ0v) is 19.7. The van der Waals surface area contributed by atoms with E-state index in [-0.39, 0.29) is 42.3 Å². The fourth-order valence-electron chi connectivity index (χ4n) is 5.13. The number of nitrogens with one attached hydrogen (secondary N) is 1. The van der Waals surface area contributed by atoms with Crippen LogP contribution in [0.2, 0.25) is 0 Å². The Kier molecular flexibility index (Phi) is 5.52. The summed E-state index contributed by atoms with van der Waals surface area (Å²) < 4.78 is 13.4. The lowest BCUT2D eigenvalue weighted by Gasteiger charge is -2.26. The maximum absolute atomic E-state index is 9.87. The third-order valence-electron chi connectivity index (χ3n) is 7.22. The van der Waals surface area contributed by atoms with Crippen molar-refractivity contribution in [2.24, 2.45) is 5.41 Å². The van der Waals surface area contributed by atoms with Crippen LogP contribution >= 0.6 is 0 Å². The average Bonchev–Trinajstić information content (AvgIpc) is 3.31. The van der Waals surface area contributed by atoms with Gasteiger partial charge in [0.25, 0.3) is 0 Å². The van der Waals surface area contributed by atoms with Crippen molar-refractivity contribution in [3.63, 3.8) is 0 Å².